The number of fused-ring (bicyclic) bond motifs is 2. The van der Waals surface area contributed by atoms with Crippen LogP contribution in [-0.4, -0.2) is 0 Å². The fourth-order valence-electron chi connectivity index (χ4n) is 2.22. The molecule has 1 nitrogen and oxygen atoms in total. The van der Waals surface area contributed by atoms with Crippen molar-refractivity contribution < 1.29 is 4.74 Å². The van der Waals surface area contributed by atoms with E-state index in [-0.39, 0.29) is 0 Å². The van der Waals surface area contributed by atoms with E-state index in [0.29, 0.717) is 0 Å². The molecule has 92 valence electrons. The first-order chi connectivity index (χ1) is 8.48. The Labute approximate surface area is 116 Å². The minimum Gasteiger partial charge on any atom is -0.457 e. The first-order valence-corrected chi connectivity index (χ1v) is 6.52. The lowest BCUT2D eigenvalue weighted by molar-refractivity contribution is 0.453. The van der Waals surface area contributed by atoms with Crippen LogP contribution in [0.2, 0.25) is 0 Å². The molecular formula is C15H12Cl2O. The standard InChI is InChI=1S/C15H12Cl2O/c1-9-3-5-13-11(7-9)15(16,17)12-8-10(2)4-6-14(12)18-13/h3-8H,1-2H3. The van der Waals surface area contributed by atoms with Gasteiger partial charge in [-0.25, -0.2) is 0 Å². The SMILES string of the molecule is Cc1ccc2c(c1)C(Cl)(Cl)c1cc(C)ccc1O2. The number of alkyl halides is 2. The third-order valence-corrected chi connectivity index (χ3v) is 3.98. The van der Waals surface area contributed by atoms with Crippen molar-refractivity contribution in [3.05, 3.63) is 58.7 Å². The molecule has 0 radical (unpaired) electrons. The molecule has 3 rings (SSSR count). The Kier molecular flexibility index (Phi) is 2.58. The number of benzene rings is 2. The molecule has 0 amide bonds. The quantitative estimate of drug-likeness (QED) is 0.610. The van der Waals surface area contributed by atoms with E-state index < -0.39 is 4.33 Å². The average Bonchev–Trinajstić information content (AvgIpc) is 2.32. The van der Waals surface area contributed by atoms with Gasteiger partial charge in [-0.1, -0.05) is 46.5 Å². The monoisotopic (exact) mass is 278 g/mol. The zero-order valence-electron chi connectivity index (χ0n) is 10.1. The summed E-state index contributed by atoms with van der Waals surface area (Å²) in [5.41, 5.74) is 3.84. The number of rotatable bonds is 0. The summed E-state index contributed by atoms with van der Waals surface area (Å²) in [4.78, 5) is 0. The molecule has 0 N–H and O–H groups in total. The van der Waals surface area contributed by atoms with Gasteiger partial charge in [0.1, 0.15) is 11.5 Å². The van der Waals surface area contributed by atoms with E-state index in [2.05, 4.69) is 0 Å². The van der Waals surface area contributed by atoms with Gasteiger partial charge in [-0.3, -0.25) is 0 Å². The van der Waals surface area contributed by atoms with E-state index >= 15 is 0 Å². The van der Waals surface area contributed by atoms with Crippen LogP contribution in [0.25, 0.3) is 0 Å². The van der Waals surface area contributed by atoms with Crippen molar-refractivity contribution in [3.63, 3.8) is 0 Å². The van der Waals surface area contributed by atoms with Gasteiger partial charge in [0.25, 0.3) is 0 Å². The zero-order valence-corrected chi connectivity index (χ0v) is 11.6. The lowest BCUT2D eigenvalue weighted by Crippen LogP contribution is -2.19. The molecule has 1 heterocycles. The number of hydrogen-bond donors (Lipinski definition) is 0. The zero-order chi connectivity index (χ0) is 12.9. The van der Waals surface area contributed by atoms with Gasteiger partial charge in [0.15, 0.2) is 4.33 Å². The summed E-state index contributed by atoms with van der Waals surface area (Å²) in [5.74, 6) is 1.45. The number of ether oxygens (including phenoxy) is 1. The van der Waals surface area contributed by atoms with Gasteiger partial charge in [-0.2, -0.15) is 0 Å². The molecule has 18 heavy (non-hydrogen) atoms. The van der Waals surface area contributed by atoms with Crippen LogP contribution in [0.5, 0.6) is 11.5 Å². The number of aryl methyl sites for hydroxylation is 2. The van der Waals surface area contributed by atoms with E-state index in [1.807, 2.05) is 50.2 Å². The molecule has 0 aliphatic carbocycles. The van der Waals surface area contributed by atoms with E-state index in [1.165, 1.54) is 0 Å². The maximum atomic E-state index is 6.56. The van der Waals surface area contributed by atoms with Crippen molar-refractivity contribution >= 4 is 23.2 Å². The largest absolute Gasteiger partial charge is 0.457 e. The lowest BCUT2D eigenvalue weighted by Gasteiger charge is -2.31. The van der Waals surface area contributed by atoms with Crippen molar-refractivity contribution in [2.75, 3.05) is 0 Å². The highest BCUT2D eigenvalue weighted by Gasteiger charge is 2.39. The Morgan fingerprint density at radius 1 is 0.833 bits per heavy atom. The van der Waals surface area contributed by atoms with Crippen LogP contribution in [0.3, 0.4) is 0 Å². The van der Waals surface area contributed by atoms with Crippen molar-refractivity contribution in [1.29, 1.82) is 0 Å². The molecule has 0 saturated heterocycles. The van der Waals surface area contributed by atoms with E-state index in [1.54, 1.807) is 0 Å². The first kappa shape index (κ1) is 11.9. The highest BCUT2D eigenvalue weighted by Crippen LogP contribution is 2.53. The second-order valence-electron chi connectivity index (χ2n) is 4.68. The summed E-state index contributed by atoms with van der Waals surface area (Å²) in [6, 6.07) is 11.7. The van der Waals surface area contributed by atoms with Crippen LogP contribution in [-0.2, 0) is 4.33 Å². The molecule has 0 spiro atoms. The molecule has 1 aliphatic rings. The summed E-state index contributed by atoms with van der Waals surface area (Å²) in [6.07, 6.45) is 0. The van der Waals surface area contributed by atoms with Crippen LogP contribution in [0.1, 0.15) is 22.3 Å². The smallest absolute Gasteiger partial charge is 0.175 e. The van der Waals surface area contributed by atoms with Gasteiger partial charge < -0.3 is 4.74 Å². The van der Waals surface area contributed by atoms with Crippen molar-refractivity contribution in [2.24, 2.45) is 0 Å². The van der Waals surface area contributed by atoms with Gasteiger partial charge in [-0.05, 0) is 38.1 Å². The van der Waals surface area contributed by atoms with Crippen LogP contribution >= 0.6 is 23.2 Å². The predicted octanol–water partition coefficient (Wildman–Crippen LogP) is 5.09. The summed E-state index contributed by atoms with van der Waals surface area (Å²) in [7, 11) is 0. The van der Waals surface area contributed by atoms with Gasteiger partial charge in [0.2, 0.25) is 0 Å². The third kappa shape index (κ3) is 1.70. The Morgan fingerprint density at radius 2 is 1.28 bits per heavy atom. The maximum Gasteiger partial charge on any atom is 0.175 e. The highest BCUT2D eigenvalue weighted by atomic mass is 35.5. The number of halogens is 2. The summed E-state index contributed by atoms with van der Waals surface area (Å²) >= 11 is 13.1. The molecule has 0 atom stereocenters. The maximum absolute atomic E-state index is 6.56. The van der Waals surface area contributed by atoms with Crippen LogP contribution in [0.4, 0.5) is 0 Å². The molecule has 2 aromatic rings. The molecule has 0 fully saturated rings. The Hall–Kier alpha value is -1.18. The average molecular weight is 279 g/mol. The molecule has 0 saturated carbocycles. The normalized spacial score (nSPS) is 15.6. The third-order valence-electron chi connectivity index (χ3n) is 3.17. The second kappa shape index (κ2) is 3.91. The summed E-state index contributed by atoms with van der Waals surface area (Å²) in [6.45, 7) is 4.02. The van der Waals surface area contributed by atoms with E-state index in [9.17, 15) is 0 Å². The topological polar surface area (TPSA) is 9.23 Å². The van der Waals surface area contributed by atoms with Gasteiger partial charge >= 0.3 is 0 Å². The summed E-state index contributed by atoms with van der Waals surface area (Å²) in [5, 5.41) is 0. The van der Waals surface area contributed by atoms with Crippen LogP contribution in [0.15, 0.2) is 36.4 Å². The second-order valence-corrected chi connectivity index (χ2v) is 6.00. The molecule has 0 bridgehead atoms. The van der Waals surface area contributed by atoms with E-state index in [4.69, 9.17) is 27.9 Å². The van der Waals surface area contributed by atoms with Crippen molar-refractivity contribution in [2.45, 2.75) is 18.2 Å². The Morgan fingerprint density at radius 3 is 1.72 bits per heavy atom. The molecule has 0 aromatic heterocycles. The summed E-state index contributed by atoms with van der Waals surface area (Å²) < 4.78 is 4.80. The lowest BCUT2D eigenvalue weighted by atomic mass is 9.96. The predicted molar refractivity (Wildman–Crippen MR) is 74.9 cm³/mol. The minimum absolute atomic E-state index is 0.724. The fourth-order valence-corrected chi connectivity index (χ4v) is 2.81. The fraction of sp³-hybridized carbons (Fsp3) is 0.200. The highest BCUT2D eigenvalue weighted by molar-refractivity contribution is 6.50. The van der Waals surface area contributed by atoms with E-state index in [0.717, 1.165) is 33.8 Å². The first-order valence-electron chi connectivity index (χ1n) is 5.76. The molecule has 3 heteroatoms. The van der Waals surface area contributed by atoms with Crippen molar-refractivity contribution in [1.82, 2.24) is 0 Å². The van der Waals surface area contributed by atoms with Crippen molar-refractivity contribution in [3.8, 4) is 11.5 Å². The van der Waals surface area contributed by atoms with Crippen LogP contribution in [0, 0.1) is 13.8 Å². The van der Waals surface area contributed by atoms with Gasteiger partial charge in [0, 0.05) is 11.1 Å². The van der Waals surface area contributed by atoms with Gasteiger partial charge in [-0.15, -0.1) is 0 Å². The Balaban J connectivity index is 2.27. The Bertz CT molecular complexity index is 579. The molecular weight excluding hydrogens is 267 g/mol. The number of hydrogen-bond acceptors (Lipinski definition) is 1. The minimum atomic E-state index is -1.05. The van der Waals surface area contributed by atoms with Gasteiger partial charge in [0.05, 0.1) is 0 Å². The molecule has 0 unspecified atom stereocenters. The molecule has 2 aromatic carbocycles. The molecule has 1 aliphatic heterocycles. The van der Waals surface area contributed by atoms with Crippen LogP contribution < -0.4 is 4.74 Å².